The Balaban J connectivity index is 2.45. The Hall–Kier alpha value is -2.00. The first-order valence-electron chi connectivity index (χ1n) is 6.76. The van der Waals surface area contributed by atoms with E-state index < -0.39 is 0 Å². The highest BCUT2D eigenvalue weighted by Crippen LogP contribution is 2.32. The van der Waals surface area contributed by atoms with Crippen molar-refractivity contribution < 1.29 is 9.47 Å². The van der Waals surface area contributed by atoms with Crippen LogP contribution in [0.25, 0.3) is 0 Å². The molecule has 0 saturated carbocycles. The molecular formula is C17H21NO2. The van der Waals surface area contributed by atoms with Gasteiger partial charge in [-0.1, -0.05) is 31.2 Å². The van der Waals surface area contributed by atoms with E-state index in [9.17, 15) is 0 Å². The van der Waals surface area contributed by atoms with Crippen LogP contribution in [0.15, 0.2) is 42.5 Å². The van der Waals surface area contributed by atoms with Crippen molar-refractivity contribution >= 4 is 0 Å². The average molecular weight is 271 g/mol. The van der Waals surface area contributed by atoms with Gasteiger partial charge in [0.25, 0.3) is 0 Å². The summed E-state index contributed by atoms with van der Waals surface area (Å²) in [5.74, 6) is 1.52. The van der Waals surface area contributed by atoms with Gasteiger partial charge in [0.1, 0.15) is 11.5 Å². The lowest BCUT2D eigenvalue weighted by molar-refractivity contribution is 0.390. The molecule has 0 radical (unpaired) electrons. The number of hydrogen-bond acceptors (Lipinski definition) is 3. The van der Waals surface area contributed by atoms with E-state index in [1.54, 1.807) is 14.2 Å². The zero-order valence-corrected chi connectivity index (χ0v) is 12.2. The van der Waals surface area contributed by atoms with Gasteiger partial charge in [-0.05, 0) is 29.7 Å². The van der Waals surface area contributed by atoms with Crippen LogP contribution < -0.4 is 15.2 Å². The number of hydrogen-bond donors (Lipinski definition) is 1. The van der Waals surface area contributed by atoms with Crippen LogP contribution in [0.2, 0.25) is 0 Å². The maximum absolute atomic E-state index is 6.44. The predicted molar refractivity (Wildman–Crippen MR) is 81.4 cm³/mol. The Kier molecular flexibility index (Phi) is 4.64. The van der Waals surface area contributed by atoms with Crippen LogP contribution in [0.4, 0.5) is 0 Å². The van der Waals surface area contributed by atoms with Crippen molar-refractivity contribution in [2.45, 2.75) is 19.4 Å². The Morgan fingerprint density at radius 2 is 1.75 bits per heavy atom. The molecule has 1 atom stereocenters. The van der Waals surface area contributed by atoms with Gasteiger partial charge in [0.2, 0.25) is 0 Å². The van der Waals surface area contributed by atoms with Gasteiger partial charge in [0.15, 0.2) is 0 Å². The number of rotatable bonds is 5. The van der Waals surface area contributed by atoms with Crippen LogP contribution in [0.1, 0.15) is 29.7 Å². The topological polar surface area (TPSA) is 44.5 Å². The van der Waals surface area contributed by atoms with E-state index in [0.717, 1.165) is 29.0 Å². The smallest absolute Gasteiger partial charge is 0.127 e. The second kappa shape index (κ2) is 6.44. The van der Waals surface area contributed by atoms with Crippen LogP contribution >= 0.6 is 0 Å². The molecule has 0 aliphatic rings. The highest BCUT2D eigenvalue weighted by atomic mass is 16.5. The number of benzene rings is 2. The SMILES string of the molecule is CCc1ccccc1C(N)c1ccc(OC)cc1OC. The van der Waals surface area contributed by atoms with Gasteiger partial charge in [-0.3, -0.25) is 0 Å². The fourth-order valence-electron chi connectivity index (χ4n) is 2.40. The van der Waals surface area contributed by atoms with Crippen LogP contribution in [0.5, 0.6) is 11.5 Å². The van der Waals surface area contributed by atoms with E-state index in [4.69, 9.17) is 15.2 Å². The van der Waals surface area contributed by atoms with Gasteiger partial charge in [-0.25, -0.2) is 0 Å². The molecule has 0 heterocycles. The largest absolute Gasteiger partial charge is 0.497 e. The quantitative estimate of drug-likeness (QED) is 0.907. The third-order valence-corrected chi connectivity index (χ3v) is 3.55. The third kappa shape index (κ3) is 2.78. The lowest BCUT2D eigenvalue weighted by atomic mass is 9.93. The van der Waals surface area contributed by atoms with Gasteiger partial charge in [-0.15, -0.1) is 0 Å². The molecule has 0 fully saturated rings. The monoisotopic (exact) mass is 271 g/mol. The summed E-state index contributed by atoms with van der Waals surface area (Å²) >= 11 is 0. The molecule has 1 unspecified atom stereocenters. The first-order chi connectivity index (χ1) is 9.71. The first-order valence-corrected chi connectivity index (χ1v) is 6.76. The van der Waals surface area contributed by atoms with Crippen LogP contribution in [0, 0.1) is 0 Å². The minimum atomic E-state index is -0.202. The van der Waals surface area contributed by atoms with Crippen LogP contribution in [-0.2, 0) is 6.42 Å². The van der Waals surface area contributed by atoms with E-state index in [1.807, 2.05) is 30.3 Å². The van der Waals surface area contributed by atoms with E-state index in [0.29, 0.717) is 0 Å². The summed E-state index contributed by atoms with van der Waals surface area (Å²) in [6.07, 6.45) is 0.961. The predicted octanol–water partition coefficient (Wildman–Crippen LogP) is 3.31. The molecule has 2 rings (SSSR count). The summed E-state index contributed by atoms with van der Waals surface area (Å²) < 4.78 is 10.7. The van der Waals surface area contributed by atoms with Crippen molar-refractivity contribution in [1.29, 1.82) is 0 Å². The van der Waals surface area contributed by atoms with Crippen LogP contribution in [0.3, 0.4) is 0 Å². The molecular weight excluding hydrogens is 250 g/mol. The summed E-state index contributed by atoms with van der Waals surface area (Å²) in [7, 11) is 3.29. The fourth-order valence-corrected chi connectivity index (χ4v) is 2.40. The molecule has 0 bridgehead atoms. The minimum Gasteiger partial charge on any atom is -0.497 e. The molecule has 2 aromatic carbocycles. The molecule has 20 heavy (non-hydrogen) atoms. The molecule has 106 valence electrons. The Morgan fingerprint density at radius 3 is 2.40 bits per heavy atom. The number of ether oxygens (including phenoxy) is 2. The molecule has 2 aromatic rings. The molecule has 0 spiro atoms. The maximum atomic E-state index is 6.44. The van der Waals surface area contributed by atoms with Crippen LogP contribution in [-0.4, -0.2) is 14.2 Å². The molecule has 3 heteroatoms. The van der Waals surface area contributed by atoms with E-state index in [2.05, 4.69) is 19.1 Å². The second-order valence-corrected chi connectivity index (χ2v) is 4.64. The normalized spacial score (nSPS) is 12.0. The van der Waals surface area contributed by atoms with Gasteiger partial charge in [-0.2, -0.15) is 0 Å². The highest BCUT2D eigenvalue weighted by Gasteiger charge is 2.16. The summed E-state index contributed by atoms with van der Waals surface area (Å²) in [6.45, 7) is 2.14. The zero-order chi connectivity index (χ0) is 14.5. The summed E-state index contributed by atoms with van der Waals surface area (Å²) in [4.78, 5) is 0. The number of methoxy groups -OCH3 is 2. The molecule has 3 nitrogen and oxygen atoms in total. The van der Waals surface area contributed by atoms with Crippen molar-refractivity contribution in [2.24, 2.45) is 5.73 Å². The first kappa shape index (κ1) is 14.4. The number of nitrogens with two attached hydrogens (primary N) is 1. The fraction of sp³-hybridized carbons (Fsp3) is 0.294. The zero-order valence-electron chi connectivity index (χ0n) is 12.2. The molecule has 0 aliphatic heterocycles. The van der Waals surface area contributed by atoms with Crippen molar-refractivity contribution in [3.63, 3.8) is 0 Å². The molecule has 0 amide bonds. The Labute approximate surface area is 120 Å². The maximum Gasteiger partial charge on any atom is 0.127 e. The molecule has 0 saturated heterocycles. The summed E-state index contributed by atoms with van der Waals surface area (Å²) in [6, 6.07) is 13.8. The molecule has 0 aromatic heterocycles. The van der Waals surface area contributed by atoms with Gasteiger partial charge >= 0.3 is 0 Å². The summed E-state index contributed by atoms with van der Waals surface area (Å²) in [5, 5.41) is 0. The van der Waals surface area contributed by atoms with Crippen molar-refractivity contribution in [3.8, 4) is 11.5 Å². The van der Waals surface area contributed by atoms with E-state index in [-0.39, 0.29) is 6.04 Å². The second-order valence-electron chi connectivity index (χ2n) is 4.64. The Bertz CT molecular complexity index is 581. The Morgan fingerprint density at radius 1 is 1.00 bits per heavy atom. The van der Waals surface area contributed by atoms with Crippen molar-refractivity contribution in [2.75, 3.05) is 14.2 Å². The van der Waals surface area contributed by atoms with E-state index >= 15 is 0 Å². The van der Waals surface area contributed by atoms with Gasteiger partial charge < -0.3 is 15.2 Å². The highest BCUT2D eigenvalue weighted by molar-refractivity contribution is 5.47. The van der Waals surface area contributed by atoms with E-state index in [1.165, 1.54) is 5.56 Å². The lowest BCUT2D eigenvalue weighted by Gasteiger charge is -2.19. The van der Waals surface area contributed by atoms with Gasteiger partial charge in [0, 0.05) is 11.6 Å². The lowest BCUT2D eigenvalue weighted by Crippen LogP contribution is -2.15. The van der Waals surface area contributed by atoms with Crippen molar-refractivity contribution in [3.05, 3.63) is 59.2 Å². The third-order valence-electron chi connectivity index (χ3n) is 3.55. The standard InChI is InChI=1S/C17H21NO2/c1-4-12-7-5-6-8-14(12)17(18)15-10-9-13(19-2)11-16(15)20-3/h5-11,17H,4,18H2,1-3H3. The van der Waals surface area contributed by atoms with Gasteiger partial charge in [0.05, 0.1) is 20.3 Å². The molecule has 0 aliphatic carbocycles. The molecule has 2 N–H and O–H groups in total. The average Bonchev–Trinajstić information content (AvgIpc) is 2.53. The minimum absolute atomic E-state index is 0.202. The van der Waals surface area contributed by atoms with Crippen molar-refractivity contribution in [1.82, 2.24) is 0 Å². The number of aryl methyl sites for hydroxylation is 1. The summed E-state index contributed by atoms with van der Waals surface area (Å²) in [5.41, 5.74) is 9.81.